The summed E-state index contributed by atoms with van der Waals surface area (Å²) in [5, 5.41) is 11.1. The van der Waals surface area contributed by atoms with Gasteiger partial charge in [0.2, 0.25) is 5.91 Å². The molecule has 2 aliphatic rings. The van der Waals surface area contributed by atoms with Crippen LogP contribution in [0.2, 0.25) is 0 Å². The molecule has 1 aromatic heterocycles. The van der Waals surface area contributed by atoms with Gasteiger partial charge in [-0.1, -0.05) is 19.1 Å². The Morgan fingerprint density at radius 3 is 3.00 bits per heavy atom. The lowest BCUT2D eigenvalue weighted by atomic mass is 10.0. The number of terminal acetylenes is 1. The third kappa shape index (κ3) is 3.99. The number of hydrogen-bond donors (Lipinski definition) is 1. The number of imidazole rings is 1. The van der Waals surface area contributed by atoms with Gasteiger partial charge >= 0.3 is 0 Å². The third-order valence-corrected chi connectivity index (χ3v) is 5.53. The van der Waals surface area contributed by atoms with E-state index >= 15 is 0 Å². The Balaban J connectivity index is 1.39. The Morgan fingerprint density at radius 1 is 1.39 bits per heavy atom. The van der Waals surface area contributed by atoms with Crippen LogP contribution in [0.4, 0.5) is 5.69 Å². The number of amides is 1. The Labute approximate surface area is 165 Å². The summed E-state index contributed by atoms with van der Waals surface area (Å²) in [6, 6.07) is 7.87. The van der Waals surface area contributed by atoms with Crippen molar-refractivity contribution in [2.24, 2.45) is 10.2 Å². The van der Waals surface area contributed by atoms with E-state index in [4.69, 9.17) is 11.4 Å². The van der Waals surface area contributed by atoms with E-state index in [1.54, 1.807) is 0 Å². The molecule has 1 aromatic carbocycles. The summed E-state index contributed by atoms with van der Waals surface area (Å²) >= 11 is 0. The number of benzene rings is 1. The SMILES string of the molecule is C#CCCC1(CCC(=O)Nc2cccc(-c3cn4c(n3)C(C)CCC4)c2)N=N1. The van der Waals surface area contributed by atoms with Crippen LogP contribution in [0.15, 0.2) is 40.7 Å². The highest BCUT2D eigenvalue weighted by Crippen LogP contribution is 2.37. The lowest BCUT2D eigenvalue weighted by Crippen LogP contribution is -2.17. The maximum absolute atomic E-state index is 12.4. The minimum atomic E-state index is -0.419. The Hall–Kier alpha value is -2.94. The fourth-order valence-electron chi connectivity index (χ4n) is 3.80. The molecule has 0 spiro atoms. The smallest absolute Gasteiger partial charge is 0.224 e. The van der Waals surface area contributed by atoms with Crippen LogP contribution in [0, 0.1) is 12.3 Å². The number of anilines is 1. The van der Waals surface area contributed by atoms with Crippen molar-refractivity contribution < 1.29 is 4.79 Å². The fraction of sp³-hybridized carbons (Fsp3) is 0.455. The standard InChI is InChI=1S/C22H25N5O/c1-3-4-11-22(25-26-22)12-10-20(28)23-18-9-5-8-17(14-18)19-15-27-13-6-7-16(2)21(27)24-19/h1,5,8-9,14-16H,4,6-7,10-13H2,2H3,(H,23,28). The number of nitrogens with one attached hydrogen (secondary N) is 1. The van der Waals surface area contributed by atoms with Gasteiger partial charge in [-0.2, -0.15) is 10.2 Å². The maximum Gasteiger partial charge on any atom is 0.224 e. The van der Waals surface area contributed by atoms with E-state index in [9.17, 15) is 4.79 Å². The topological polar surface area (TPSA) is 71.6 Å². The summed E-state index contributed by atoms with van der Waals surface area (Å²) in [4.78, 5) is 17.2. The number of hydrogen-bond acceptors (Lipinski definition) is 4. The average Bonchev–Trinajstić information content (AvgIpc) is 3.33. The van der Waals surface area contributed by atoms with Gasteiger partial charge in [-0.05, 0) is 25.0 Å². The molecule has 3 heterocycles. The van der Waals surface area contributed by atoms with Gasteiger partial charge in [0.15, 0.2) is 5.66 Å². The number of aryl methyl sites for hydroxylation is 1. The Kier molecular flexibility index (Phi) is 4.99. The van der Waals surface area contributed by atoms with Gasteiger partial charge < -0.3 is 9.88 Å². The zero-order valence-electron chi connectivity index (χ0n) is 16.2. The first kappa shape index (κ1) is 18.4. The molecule has 0 saturated carbocycles. The van der Waals surface area contributed by atoms with E-state index in [2.05, 4.69) is 39.2 Å². The van der Waals surface area contributed by atoms with Crippen molar-refractivity contribution in [2.75, 3.05) is 5.32 Å². The first-order valence-corrected chi connectivity index (χ1v) is 9.93. The zero-order chi connectivity index (χ0) is 19.6. The van der Waals surface area contributed by atoms with Gasteiger partial charge in [0, 0.05) is 55.6 Å². The molecule has 6 nitrogen and oxygen atoms in total. The minimum Gasteiger partial charge on any atom is -0.334 e. The molecule has 4 rings (SSSR count). The molecule has 0 saturated heterocycles. The molecule has 2 aromatic rings. The molecular weight excluding hydrogens is 350 g/mol. The number of nitrogens with zero attached hydrogens (tertiary/aromatic N) is 4. The molecule has 0 fully saturated rings. The summed E-state index contributed by atoms with van der Waals surface area (Å²) in [5.74, 6) is 4.22. The van der Waals surface area contributed by atoms with Gasteiger partial charge in [-0.15, -0.1) is 12.3 Å². The van der Waals surface area contributed by atoms with E-state index in [0.717, 1.165) is 35.7 Å². The normalized spacial score (nSPS) is 18.9. The van der Waals surface area contributed by atoms with Crippen molar-refractivity contribution in [2.45, 2.75) is 63.6 Å². The molecule has 1 atom stereocenters. The van der Waals surface area contributed by atoms with Crippen LogP contribution >= 0.6 is 0 Å². The van der Waals surface area contributed by atoms with E-state index < -0.39 is 5.66 Å². The van der Waals surface area contributed by atoms with Crippen molar-refractivity contribution in [1.82, 2.24) is 9.55 Å². The summed E-state index contributed by atoms with van der Waals surface area (Å²) in [5.41, 5.74) is 2.34. The van der Waals surface area contributed by atoms with Gasteiger partial charge in [0.25, 0.3) is 0 Å². The number of carbonyl (C=O) groups excluding carboxylic acids is 1. The number of rotatable bonds is 7. The Bertz CT molecular complexity index is 946. The largest absolute Gasteiger partial charge is 0.334 e. The van der Waals surface area contributed by atoms with Crippen LogP contribution in [0.3, 0.4) is 0 Å². The van der Waals surface area contributed by atoms with Crippen LogP contribution < -0.4 is 5.32 Å². The summed E-state index contributed by atoms with van der Waals surface area (Å²) in [6.07, 6.45) is 12.1. The van der Waals surface area contributed by atoms with Gasteiger partial charge in [0.05, 0.1) is 5.69 Å². The number of carbonyl (C=O) groups is 1. The predicted molar refractivity (Wildman–Crippen MR) is 109 cm³/mol. The molecule has 0 aliphatic carbocycles. The zero-order valence-corrected chi connectivity index (χ0v) is 16.2. The van der Waals surface area contributed by atoms with E-state index in [1.165, 1.54) is 12.8 Å². The second-order valence-corrected chi connectivity index (χ2v) is 7.74. The van der Waals surface area contributed by atoms with E-state index in [0.29, 0.717) is 25.2 Å². The van der Waals surface area contributed by atoms with Crippen molar-refractivity contribution in [1.29, 1.82) is 0 Å². The van der Waals surface area contributed by atoms with Crippen LogP contribution in [-0.4, -0.2) is 21.1 Å². The average molecular weight is 375 g/mol. The van der Waals surface area contributed by atoms with Crippen molar-refractivity contribution in [3.8, 4) is 23.6 Å². The van der Waals surface area contributed by atoms with Crippen molar-refractivity contribution in [3.63, 3.8) is 0 Å². The van der Waals surface area contributed by atoms with Crippen LogP contribution in [0.25, 0.3) is 11.3 Å². The molecule has 1 amide bonds. The molecule has 1 N–H and O–H groups in total. The second kappa shape index (κ2) is 7.59. The van der Waals surface area contributed by atoms with E-state index in [-0.39, 0.29) is 5.91 Å². The number of fused-ring (bicyclic) bond motifs is 1. The molecule has 0 bridgehead atoms. The second-order valence-electron chi connectivity index (χ2n) is 7.74. The van der Waals surface area contributed by atoms with Crippen molar-refractivity contribution >= 4 is 11.6 Å². The minimum absolute atomic E-state index is 0.0349. The number of aromatic nitrogens is 2. The Morgan fingerprint density at radius 2 is 2.25 bits per heavy atom. The van der Waals surface area contributed by atoms with Crippen molar-refractivity contribution in [3.05, 3.63) is 36.3 Å². The first-order valence-electron chi connectivity index (χ1n) is 9.93. The third-order valence-electron chi connectivity index (χ3n) is 5.53. The summed E-state index contributed by atoms with van der Waals surface area (Å²) in [6.45, 7) is 3.26. The molecule has 28 heavy (non-hydrogen) atoms. The van der Waals surface area contributed by atoms with Gasteiger partial charge in [-0.3, -0.25) is 4.79 Å². The molecule has 2 aliphatic heterocycles. The molecule has 1 unspecified atom stereocenters. The maximum atomic E-state index is 12.4. The lowest BCUT2D eigenvalue weighted by molar-refractivity contribution is -0.116. The summed E-state index contributed by atoms with van der Waals surface area (Å²) < 4.78 is 2.26. The quantitative estimate of drug-likeness (QED) is 0.710. The molecule has 0 radical (unpaired) electrons. The molecular formula is C22H25N5O. The lowest BCUT2D eigenvalue weighted by Gasteiger charge is -2.19. The van der Waals surface area contributed by atoms with Gasteiger partial charge in [-0.25, -0.2) is 4.98 Å². The highest BCUT2D eigenvalue weighted by Gasteiger charge is 2.39. The summed E-state index contributed by atoms with van der Waals surface area (Å²) in [7, 11) is 0. The molecule has 144 valence electrons. The highest BCUT2D eigenvalue weighted by molar-refractivity contribution is 5.91. The molecule has 6 heteroatoms. The predicted octanol–water partition coefficient (Wildman–Crippen LogP) is 4.74. The van der Waals surface area contributed by atoms with Crippen LogP contribution in [-0.2, 0) is 11.3 Å². The highest BCUT2D eigenvalue weighted by atomic mass is 16.1. The van der Waals surface area contributed by atoms with Crippen LogP contribution in [0.1, 0.15) is 57.2 Å². The first-order chi connectivity index (χ1) is 13.6. The monoisotopic (exact) mass is 375 g/mol. The fourth-order valence-corrected chi connectivity index (χ4v) is 3.80. The van der Waals surface area contributed by atoms with E-state index in [1.807, 2.05) is 24.3 Å². The van der Waals surface area contributed by atoms with Crippen LogP contribution in [0.5, 0.6) is 0 Å². The van der Waals surface area contributed by atoms with Gasteiger partial charge in [0.1, 0.15) is 5.82 Å².